The van der Waals surface area contributed by atoms with Gasteiger partial charge >= 0.3 is 0 Å². The third-order valence-electron chi connectivity index (χ3n) is 1.14. The summed E-state index contributed by atoms with van der Waals surface area (Å²) in [5.41, 5.74) is 5.61. The van der Waals surface area contributed by atoms with Crippen LogP contribution in [0.5, 0.6) is 0 Å². The molecule has 0 aliphatic heterocycles. The summed E-state index contributed by atoms with van der Waals surface area (Å²) >= 11 is 0. The topological polar surface area (TPSA) is 26.0 Å². The largest absolute Gasteiger partial charge is 0.324 e. The van der Waals surface area contributed by atoms with E-state index in [0.717, 1.165) is 18.9 Å². The molecule has 0 aromatic heterocycles. The van der Waals surface area contributed by atoms with E-state index in [1.165, 1.54) is 12.8 Å². The van der Waals surface area contributed by atoms with Gasteiger partial charge in [-0.25, -0.2) is 0 Å². The van der Waals surface area contributed by atoms with Gasteiger partial charge in [0.1, 0.15) is 0 Å². The van der Waals surface area contributed by atoms with Crippen molar-refractivity contribution >= 4 is 0 Å². The smallest absolute Gasteiger partial charge is 0.0336 e. The highest BCUT2D eigenvalue weighted by Crippen LogP contribution is 2.07. The molecule has 0 aromatic rings. The lowest BCUT2D eigenvalue weighted by molar-refractivity contribution is 0.682. The molecule has 0 aliphatic carbocycles. The van der Waals surface area contributed by atoms with Crippen LogP contribution in [-0.2, 0) is 0 Å². The Morgan fingerprint density at radius 1 is 1.12 bits per heavy atom. The SMILES string of the molecule is CCC[C](N)CCC. The van der Waals surface area contributed by atoms with E-state index in [4.69, 9.17) is 5.73 Å². The Morgan fingerprint density at radius 3 is 1.75 bits per heavy atom. The zero-order valence-electron chi connectivity index (χ0n) is 5.91. The van der Waals surface area contributed by atoms with Crippen LogP contribution >= 0.6 is 0 Å². The van der Waals surface area contributed by atoms with Crippen molar-refractivity contribution in [1.82, 2.24) is 0 Å². The monoisotopic (exact) mass is 114 g/mol. The molecule has 1 nitrogen and oxygen atoms in total. The Balaban J connectivity index is 2.92. The summed E-state index contributed by atoms with van der Waals surface area (Å²) in [7, 11) is 0. The Labute approximate surface area is 52.3 Å². The number of hydrogen-bond acceptors (Lipinski definition) is 1. The summed E-state index contributed by atoms with van der Waals surface area (Å²) in [5.74, 6) is 0. The van der Waals surface area contributed by atoms with Crippen molar-refractivity contribution in [2.24, 2.45) is 5.73 Å². The Morgan fingerprint density at radius 2 is 1.50 bits per heavy atom. The van der Waals surface area contributed by atoms with Crippen molar-refractivity contribution in [3.8, 4) is 0 Å². The molecule has 0 saturated carbocycles. The van der Waals surface area contributed by atoms with E-state index in [2.05, 4.69) is 13.8 Å². The van der Waals surface area contributed by atoms with Gasteiger partial charge in [0.25, 0.3) is 0 Å². The van der Waals surface area contributed by atoms with Gasteiger partial charge < -0.3 is 5.73 Å². The van der Waals surface area contributed by atoms with E-state index in [-0.39, 0.29) is 0 Å². The molecule has 1 radical (unpaired) electrons. The van der Waals surface area contributed by atoms with Crippen LogP contribution in [0.25, 0.3) is 0 Å². The van der Waals surface area contributed by atoms with Crippen LogP contribution in [0.3, 0.4) is 0 Å². The molecule has 0 amide bonds. The van der Waals surface area contributed by atoms with Gasteiger partial charge in [-0.15, -0.1) is 0 Å². The quantitative estimate of drug-likeness (QED) is 0.595. The second-order valence-electron chi connectivity index (χ2n) is 2.16. The molecule has 49 valence electrons. The zero-order valence-corrected chi connectivity index (χ0v) is 5.91. The van der Waals surface area contributed by atoms with E-state index in [0.29, 0.717) is 0 Å². The van der Waals surface area contributed by atoms with E-state index >= 15 is 0 Å². The molecule has 0 fully saturated rings. The molecule has 8 heavy (non-hydrogen) atoms. The highest BCUT2D eigenvalue weighted by molar-refractivity contribution is 4.79. The molecular formula is C7H16N. The fourth-order valence-corrected chi connectivity index (χ4v) is 0.767. The molecule has 0 spiro atoms. The van der Waals surface area contributed by atoms with Crippen LogP contribution in [0.4, 0.5) is 0 Å². The van der Waals surface area contributed by atoms with Crippen LogP contribution in [-0.4, -0.2) is 0 Å². The van der Waals surface area contributed by atoms with E-state index in [1.807, 2.05) is 0 Å². The molecule has 0 unspecified atom stereocenters. The van der Waals surface area contributed by atoms with Crippen LogP contribution in [0.1, 0.15) is 39.5 Å². The summed E-state index contributed by atoms with van der Waals surface area (Å²) in [6.07, 6.45) is 4.58. The first-order valence-corrected chi connectivity index (χ1v) is 3.41. The maximum absolute atomic E-state index is 5.61. The third kappa shape index (κ3) is 4.13. The number of hydrogen-bond donors (Lipinski definition) is 1. The Bertz CT molecular complexity index is 37.7. The Hall–Kier alpha value is -0.0400. The summed E-state index contributed by atoms with van der Waals surface area (Å²) in [5, 5.41) is 0. The fraction of sp³-hybridized carbons (Fsp3) is 0.857. The summed E-state index contributed by atoms with van der Waals surface area (Å²) < 4.78 is 0. The number of rotatable bonds is 4. The predicted octanol–water partition coefficient (Wildman–Crippen LogP) is 2.08. The van der Waals surface area contributed by atoms with Gasteiger partial charge in [0.15, 0.2) is 0 Å². The predicted molar refractivity (Wildman–Crippen MR) is 37.2 cm³/mol. The average molecular weight is 114 g/mol. The van der Waals surface area contributed by atoms with Crippen molar-refractivity contribution in [2.45, 2.75) is 39.5 Å². The first-order chi connectivity index (χ1) is 3.81. The highest BCUT2D eigenvalue weighted by atomic mass is 14.6. The summed E-state index contributed by atoms with van der Waals surface area (Å²) in [6.45, 7) is 4.31. The van der Waals surface area contributed by atoms with Gasteiger partial charge in [-0.05, 0) is 12.8 Å². The van der Waals surface area contributed by atoms with E-state index in [9.17, 15) is 0 Å². The minimum absolute atomic E-state index is 1.10. The van der Waals surface area contributed by atoms with E-state index in [1.54, 1.807) is 0 Å². The lowest BCUT2D eigenvalue weighted by Crippen LogP contribution is -2.07. The highest BCUT2D eigenvalue weighted by Gasteiger charge is 1.97. The maximum Gasteiger partial charge on any atom is 0.0336 e. The molecule has 2 N–H and O–H groups in total. The molecule has 0 heterocycles. The maximum atomic E-state index is 5.61. The van der Waals surface area contributed by atoms with Gasteiger partial charge in [0, 0.05) is 6.04 Å². The first kappa shape index (κ1) is 7.96. The van der Waals surface area contributed by atoms with Gasteiger partial charge in [0.05, 0.1) is 0 Å². The molecular weight excluding hydrogens is 98.1 g/mol. The van der Waals surface area contributed by atoms with Gasteiger partial charge in [0.2, 0.25) is 0 Å². The van der Waals surface area contributed by atoms with Gasteiger partial charge in [-0.3, -0.25) is 0 Å². The van der Waals surface area contributed by atoms with Crippen molar-refractivity contribution in [2.75, 3.05) is 0 Å². The second kappa shape index (κ2) is 5.10. The number of nitrogens with two attached hydrogens (primary N) is 1. The van der Waals surface area contributed by atoms with Crippen LogP contribution in [0.15, 0.2) is 0 Å². The van der Waals surface area contributed by atoms with E-state index < -0.39 is 0 Å². The molecule has 0 aliphatic rings. The molecule has 0 bridgehead atoms. The normalized spacial score (nSPS) is 10.5. The fourth-order valence-electron chi connectivity index (χ4n) is 0.767. The van der Waals surface area contributed by atoms with Gasteiger partial charge in [-0.1, -0.05) is 26.7 Å². The minimum Gasteiger partial charge on any atom is -0.324 e. The lowest BCUT2D eigenvalue weighted by atomic mass is 10.1. The molecule has 0 rings (SSSR count). The van der Waals surface area contributed by atoms with Crippen LogP contribution in [0.2, 0.25) is 0 Å². The summed E-state index contributed by atoms with van der Waals surface area (Å²) in [6, 6.07) is 1.16. The Kier molecular flexibility index (Phi) is 5.08. The molecule has 0 saturated heterocycles. The second-order valence-corrected chi connectivity index (χ2v) is 2.16. The van der Waals surface area contributed by atoms with Gasteiger partial charge in [-0.2, -0.15) is 0 Å². The summed E-state index contributed by atoms with van der Waals surface area (Å²) in [4.78, 5) is 0. The van der Waals surface area contributed by atoms with Crippen LogP contribution < -0.4 is 5.73 Å². The third-order valence-corrected chi connectivity index (χ3v) is 1.14. The average Bonchev–Trinajstić information content (AvgIpc) is 1.68. The minimum atomic E-state index is 1.10. The van der Waals surface area contributed by atoms with Crippen molar-refractivity contribution in [3.05, 3.63) is 6.04 Å². The standard InChI is InChI=1S/C7H16N/c1-3-5-7(8)6-4-2/h3-6,8H2,1-2H3. The molecule has 0 aromatic carbocycles. The van der Waals surface area contributed by atoms with Crippen LogP contribution in [0, 0.1) is 6.04 Å². The van der Waals surface area contributed by atoms with Crippen molar-refractivity contribution in [1.29, 1.82) is 0 Å². The van der Waals surface area contributed by atoms with Crippen molar-refractivity contribution in [3.63, 3.8) is 0 Å². The zero-order chi connectivity index (χ0) is 6.41. The molecule has 0 atom stereocenters. The molecule has 1 heteroatoms. The first-order valence-electron chi connectivity index (χ1n) is 3.41. The van der Waals surface area contributed by atoms with Crippen molar-refractivity contribution < 1.29 is 0 Å². The lowest BCUT2D eigenvalue weighted by Gasteiger charge is -2.04.